The molecule has 0 saturated heterocycles. The van der Waals surface area contributed by atoms with Crippen molar-refractivity contribution in [3.05, 3.63) is 0 Å². The number of hydrogen-bond acceptors (Lipinski definition) is 7. The standard InChI is InChI=1S/C19H33N3O6/c1-12(2)16(24)26-17(13(3)4)27-19(25)21-18(20)22(28-14(5)23)11-15-9-7-6-8-10-15/h12-13,15,17H,6-11H2,1-5H3,(H2,20,21,25). The van der Waals surface area contributed by atoms with E-state index in [9.17, 15) is 14.4 Å². The van der Waals surface area contributed by atoms with Crippen molar-refractivity contribution in [2.75, 3.05) is 6.54 Å². The van der Waals surface area contributed by atoms with E-state index in [1.54, 1.807) is 27.7 Å². The summed E-state index contributed by atoms with van der Waals surface area (Å²) < 4.78 is 10.3. The van der Waals surface area contributed by atoms with Crippen LogP contribution in [-0.4, -0.2) is 41.9 Å². The van der Waals surface area contributed by atoms with Gasteiger partial charge >= 0.3 is 18.0 Å². The van der Waals surface area contributed by atoms with E-state index in [1.165, 1.54) is 13.3 Å². The van der Waals surface area contributed by atoms with Crippen molar-refractivity contribution < 1.29 is 28.7 Å². The van der Waals surface area contributed by atoms with E-state index in [0.717, 1.165) is 30.7 Å². The first kappa shape index (κ1) is 23.7. The molecule has 1 fully saturated rings. The molecule has 2 N–H and O–H groups in total. The van der Waals surface area contributed by atoms with Gasteiger partial charge in [0.05, 0.1) is 12.5 Å². The lowest BCUT2D eigenvalue weighted by molar-refractivity contribution is -0.179. The molecule has 0 aromatic heterocycles. The number of alkyl carbamates (subject to hydrolysis) is 1. The van der Waals surface area contributed by atoms with Crippen LogP contribution in [0.25, 0.3) is 0 Å². The fourth-order valence-corrected chi connectivity index (χ4v) is 2.77. The smallest absolute Gasteiger partial charge is 0.417 e. The normalized spacial score (nSPS) is 15.7. The number of amides is 1. The molecule has 0 aliphatic heterocycles. The van der Waals surface area contributed by atoms with Crippen LogP contribution in [-0.2, 0) is 23.9 Å². The third kappa shape index (κ3) is 8.58. The van der Waals surface area contributed by atoms with E-state index in [0.29, 0.717) is 6.54 Å². The maximum Gasteiger partial charge on any atom is 0.417 e. The molecule has 0 bridgehead atoms. The SMILES string of the molecule is CC(=O)ON(CC1CCCCC1)C(=N)NC(=O)OC(OC(=O)C(C)C)C(C)C. The zero-order chi connectivity index (χ0) is 21.3. The van der Waals surface area contributed by atoms with Crippen LogP contribution < -0.4 is 5.32 Å². The predicted molar refractivity (Wildman–Crippen MR) is 102 cm³/mol. The number of nitrogens with zero attached hydrogens (tertiary/aromatic N) is 1. The molecule has 28 heavy (non-hydrogen) atoms. The molecule has 1 aliphatic carbocycles. The highest BCUT2D eigenvalue weighted by molar-refractivity contribution is 5.92. The number of guanidine groups is 1. The van der Waals surface area contributed by atoms with Crippen LogP contribution in [0, 0.1) is 23.2 Å². The summed E-state index contributed by atoms with van der Waals surface area (Å²) in [7, 11) is 0. The summed E-state index contributed by atoms with van der Waals surface area (Å²) in [4.78, 5) is 40.4. The molecule has 1 atom stereocenters. The minimum absolute atomic E-state index is 0.269. The van der Waals surface area contributed by atoms with E-state index in [2.05, 4.69) is 5.32 Å². The second kappa shape index (κ2) is 11.5. The molecular weight excluding hydrogens is 366 g/mol. The fraction of sp³-hybridized carbons (Fsp3) is 0.789. The van der Waals surface area contributed by atoms with Crippen LogP contribution >= 0.6 is 0 Å². The molecule has 1 amide bonds. The van der Waals surface area contributed by atoms with Crippen LogP contribution in [0.3, 0.4) is 0 Å². The molecule has 0 aromatic carbocycles. The minimum atomic E-state index is -1.08. The van der Waals surface area contributed by atoms with Crippen LogP contribution in [0.4, 0.5) is 4.79 Å². The molecule has 1 aliphatic rings. The van der Waals surface area contributed by atoms with Crippen molar-refractivity contribution in [3.63, 3.8) is 0 Å². The van der Waals surface area contributed by atoms with E-state index in [4.69, 9.17) is 19.7 Å². The van der Waals surface area contributed by atoms with Crippen molar-refractivity contribution in [1.82, 2.24) is 10.4 Å². The molecule has 9 nitrogen and oxygen atoms in total. The largest absolute Gasteiger partial charge is 0.425 e. The Morgan fingerprint density at radius 3 is 2.18 bits per heavy atom. The Hall–Kier alpha value is -2.32. The van der Waals surface area contributed by atoms with E-state index in [1.807, 2.05) is 0 Å². The Balaban J connectivity index is 2.66. The van der Waals surface area contributed by atoms with Gasteiger partial charge in [-0.1, -0.05) is 47.0 Å². The quantitative estimate of drug-likeness (QED) is 0.231. The molecule has 1 unspecified atom stereocenters. The van der Waals surface area contributed by atoms with Gasteiger partial charge in [-0.05, 0) is 18.8 Å². The summed E-state index contributed by atoms with van der Waals surface area (Å²) in [5, 5.41) is 11.4. The molecule has 9 heteroatoms. The second-order valence-electron chi connectivity index (χ2n) is 7.73. The molecule has 1 rings (SSSR count). The first-order valence-corrected chi connectivity index (χ1v) is 9.82. The Labute approximate surface area is 166 Å². The van der Waals surface area contributed by atoms with Crippen molar-refractivity contribution in [2.24, 2.45) is 17.8 Å². The zero-order valence-electron chi connectivity index (χ0n) is 17.4. The highest BCUT2D eigenvalue weighted by atomic mass is 16.7. The highest BCUT2D eigenvalue weighted by Gasteiger charge is 2.27. The maximum absolute atomic E-state index is 12.2. The summed E-state index contributed by atoms with van der Waals surface area (Å²) in [5.74, 6) is -1.82. The molecular formula is C19H33N3O6. The van der Waals surface area contributed by atoms with Gasteiger partial charge in [-0.2, -0.15) is 5.06 Å². The Kier molecular flexibility index (Phi) is 9.75. The number of hydrogen-bond donors (Lipinski definition) is 2. The molecule has 0 radical (unpaired) electrons. The first-order chi connectivity index (χ1) is 13.1. The number of carbonyl (C=O) groups excluding carboxylic acids is 3. The highest BCUT2D eigenvalue weighted by Crippen LogP contribution is 2.24. The lowest BCUT2D eigenvalue weighted by atomic mass is 9.89. The minimum Gasteiger partial charge on any atom is -0.425 e. The van der Waals surface area contributed by atoms with Crippen LogP contribution in [0.15, 0.2) is 0 Å². The summed E-state index contributed by atoms with van der Waals surface area (Å²) in [6.45, 7) is 8.40. The number of nitrogens with one attached hydrogen (secondary N) is 2. The van der Waals surface area contributed by atoms with Gasteiger partial charge in [-0.3, -0.25) is 20.3 Å². The molecule has 160 valence electrons. The summed E-state index contributed by atoms with van der Waals surface area (Å²) in [5.41, 5.74) is 0. The molecule has 0 aromatic rings. The van der Waals surface area contributed by atoms with Crippen molar-refractivity contribution in [3.8, 4) is 0 Å². The topological polar surface area (TPSA) is 118 Å². The Bertz CT molecular complexity index is 558. The van der Waals surface area contributed by atoms with E-state index >= 15 is 0 Å². The summed E-state index contributed by atoms with van der Waals surface area (Å²) >= 11 is 0. The average molecular weight is 399 g/mol. The van der Waals surface area contributed by atoms with Crippen molar-refractivity contribution in [1.29, 1.82) is 5.41 Å². The average Bonchev–Trinajstić information content (AvgIpc) is 2.60. The van der Waals surface area contributed by atoms with Gasteiger partial charge in [0.25, 0.3) is 6.29 Å². The zero-order valence-corrected chi connectivity index (χ0v) is 17.4. The lowest BCUT2D eigenvalue weighted by Crippen LogP contribution is -2.47. The fourth-order valence-electron chi connectivity index (χ4n) is 2.77. The van der Waals surface area contributed by atoms with E-state index in [-0.39, 0.29) is 17.8 Å². The van der Waals surface area contributed by atoms with Crippen LogP contribution in [0.2, 0.25) is 0 Å². The van der Waals surface area contributed by atoms with Crippen molar-refractivity contribution in [2.45, 2.75) is 73.0 Å². The molecule has 1 saturated carbocycles. The third-order valence-electron chi connectivity index (χ3n) is 4.33. The first-order valence-electron chi connectivity index (χ1n) is 9.82. The third-order valence-corrected chi connectivity index (χ3v) is 4.33. The lowest BCUT2D eigenvalue weighted by Gasteiger charge is -2.29. The van der Waals surface area contributed by atoms with Gasteiger partial charge in [0.15, 0.2) is 0 Å². The summed E-state index contributed by atoms with van der Waals surface area (Å²) in [6, 6.07) is 0. The van der Waals surface area contributed by atoms with E-state index < -0.39 is 30.3 Å². The Morgan fingerprint density at radius 2 is 1.68 bits per heavy atom. The van der Waals surface area contributed by atoms with Gasteiger partial charge < -0.3 is 14.3 Å². The van der Waals surface area contributed by atoms with Gasteiger partial charge in [0.2, 0.25) is 5.96 Å². The van der Waals surface area contributed by atoms with Crippen LogP contribution in [0.5, 0.6) is 0 Å². The number of carbonyl (C=O) groups is 3. The summed E-state index contributed by atoms with van der Waals surface area (Å²) in [6.07, 6.45) is 3.30. The predicted octanol–water partition coefficient (Wildman–Crippen LogP) is 3.19. The number of esters is 1. The maximum atomic E-state index is 12.2. The second-order valence-corrected chi connectivity index (χ2v) is 7.73. The molecule has 0 spiro atoms. The van der Waals surface area contributed by atoms with Gasteiger partial charge in [0, 0.05) is 12.8 Å². The number of hydroxylamine groups is 2. The van der Waals surface area contributed by atoms with Crippen molar-refractivity contribution >= 4 is 24.0 Å². The monoisotopic (exact) mass is 399 g/mol. The Morgan fingerprint density at radius 1 is 1.07 bits per heavy atom. The number of ether oxygens (including phenoxy) is 2. The van der Waals surface area contributed by atoms with Gasteiger partial charge in [0.1, 0.15) is 0 Å². The van der Waals surface area contributed by atoms with Gasteiger partial charge in [-0.25, -0.2) is 4.79 Å². The number of rotatable bonds is 6. The van der Waals surface area contributed by atoms with Gasteiger partial charge in [-0.15, -0.1) is 0 Å². The van der Waals surface area contributed by atoms with Crippen LogP contribution in [0.1, 0.15) is 66.7 Å². The molecule has 0 heterocycles.